The van der Waals surface area contributed by atoms with Crippen LogP contribution in [0.15, 0.2) is 36.7 Å². The normalized spacial score (nSPS) is 11.7. The lowest BCUT2D eigenvalue weighted by Crippen LogP contribution is -2.22. The van der Waals surface area contributed by atoms with Crippen LogP contribution in [0.4, 0.5) is 0 Å². The molecule has 0 radical (unpaired) electrons. The minimum Gasteiger partial charge on any atom is -0.473 e. The lowest BCUT2D eigenvalue weighted by Gasteiger charge is -2.22. The number of benzene rings is 1. The van der Waals surface area contributed by atoms with Crippen LogP contribution in [-0.2, 0) is 22.4 Å². The summed E-state index contributed by atoms with van der Waals surface area (Å²) in [7, 11) is 1.35. The van der Waals surface area contributed by atoms with E-state index in [1.807, 2.05) is 19.1 Å². The SMILES string of the molecule is CCCc1cc(C(=O)CC)cc(CCC)c1OC(C(=O)OC)c1cccnc1. The highest BCUT2D eigenvalue weighted by molar-refractivity contribution is 5.96. The van der Waals surface area contributed by atoms with Crippen molar-refractivity contribution in [3.63, 3.8) is 0 Å². The zero-order chi connectivity index (χ0) is 20.5. The monoisotopic (exact) mass is 383 g/mol. The predicted molar refractivity (Wildman–Crippen MR) is 109 cm³/mol. The van der Waals surface area contributed by atoms with Gasteiger partial charge in [0.05, 0.1) is 7.11 Å². The molecular weight excluding hydrogens is 354 g/mol. The summed E-state index contributed by atoms with van der Waals surface area (Å²) in [6.07, 6.45) is 6.14. The summed E-state index contributed by atoms with van der Waals surface area (Å²) in [6, 6.07) is 7.36. The fourth-order valence-electron chi connectivity index (χ4n) is 3.19. The number of rotatable bonds is 10. The largest absolute Gasteiger partial charge is 0.473 e. The van der Waals surface area contributed by atoms with Gasteiger partial charge in [0.25, 0.3) is 0 Å². The maximum atomic E-state index is 12.4. The average Bonchev–Trinajstić information content (AvgIpc) is 2.73. The number of carbonyl (C=O) groups is 2. The standard InChI is InChI=1S/C23H29NO4/c1-5-9-16-13-19(20(25)7-3)14-17(10-6-2)21(16)28-22(23(26)27-4)18-11-8-12-24-15-18/h8,11-15,22H,5-7,9-10H2,1-4H3. The highest BCUT2D eigenvalue weighted by Crippen LogP contribution is 2.33. The molecular formula is C23H29NO4. The van der Waals surface area contributed by atoms with Gasteiger partial charge in [0.15, 0.2) is 5.78 Å². The first kappa shape index (κ1) is 21.6. The third-order valence-corrected chi connectivity index (χ3v) is 4.56. The molecule has 1 heterocycles. The Morgan fingerprint density at radius 2 is 1.71 bits per heavy atom. The molecule has 0 aliphatic rings. The number of nitrogens with zero attached hydrogens (tertiary/aromatic N) is 1. The van der Waals surface area contributed by atoms with E-state index in [9.17, 15) is 9.59 Å². The molecule has 1 aromatic carbocycles. The fraction of sp³-hybridized carbons (Fsp3) is 0.435. The second-order valence-corrected chi connectivity index (χ2v) is 6.71. The quantitative estimate of drug-likeness (QED) is 0.432. The van der Waals surface area contributed by atoms with Gasteiger partial charge in [-0.15, -0.1) is 0 Å². The van der Waals surface area contributed by atoms with Crippen molar-refractivity contribution in [3.8, 4) is 5.75 Å². The molecule has 5 heteroatoms. The topological polar surface area (TPSA) is 65.5 Å². The van der Waals surface area contributed by atoms with Crippen LogP contribution in [0.2, 0.25) is 0 Å². The summed E-state index contributed by atoms with van der Waals surface area (Å²) >= 11 is 0. The maximum Gasteiger partial charge on any atom is 0.351 e. The lowest BCUT2D eigenvalue weighted by atomic mass is 9.95. The van der Waals surface area contributed by atoms with Crippen LogP contribution in [-0.4, -0.2) is 23.8 Å². The molecule has 2 aromatic rings. The van der Waals surface area contributed by atoms with Crippen molar-refractivity contribution < 1.29 is 19.1 Å². The number of carbonyl (C=O) groups excluding carboxylic acids is 2. The van der Waals surface area contributed by atoms with E-state index < -0.39 is 12.1 Å². The summed E-state index contributed by atoms with van der Waals surface area (Å²) in [5, 5.41) is 0. The van der Waals surface area contributed by atoms with Crippen LogP contribution in [0.5, 0.6) is 5.75 Å². The van der Waals surface area contributed by atoms with Crippen LogP contribution >= 0.6 is 0 Å². The van der Waals surface area contributed by atoms with Crippen molar-refractivity contribution in [2.24, 2.45) is 0 Å². The van der Waals surface area contributed by atoms with Gasteiger partial charge in [-0.25, -0.2) is 4.79 Å². The van der Waals surface area contributed by atoms with Gasteiger partial charge in [-0.05, 0) is 42.2 Å². The highest BCUT2D eigenvalue weighted by atomic mass is 16.6. The van der Waals surface area contributed by atoms with Crippen molar-refractivity contribution in [2.45, 2.75) is 59.0 Å². The molecule has 1 unspecified atom stereocenters. The van der Waals surface area contributed by atoms with Gasteiger partial charge in [0.1, 0.15) is 5.75 Å². The van der Waals surface area contributed by atoms with Crippen molar-refractivity contribution in [3.05, 3.63) is 58.9 Å². The molecule has 0 N–H and O–H groups in total. The average molecular weight is 383 g/mol. The number of methoxy groups -OCH3 is 1. The van der Waals surface area contributed by atoms with Gasteiger partial charge in [0, 0.05) is 29.9 Å². The molecule has 0 fully saturated rings. The van der Waals surface area contributed by atoms with Crippen molar-refractivity contribution in [1.29, 1.82) is 0 Å². The Balaban J connectivity index is 2.56. The molecule has 0 spiro atoms. The Bertz CT molecular complexity index is 774. The number of ketones is 1. The summed E-state index contributed by atoms with van der Waals surface area (Å²) in [5.74, 6) is 0.306. The van der Waals surface area contributed by atoms with Crippen LogP contribution in [0.1, 0.15) is 73.2 Å². The number of aromatic nitrogens is 1. The lowest BCUT2D eigenvalue weighted by molar-refractivity contribution is -0.149. The second kappa shape index (κ2) is 10.6. The number of aryl methyl sites for hydroxylation is 2. The van der Waals surface area contributed by atoms with Crippen molar-refractivity contribution in [1.82, 2.24) is 4.98 Å². The molecule has 0 bridgehead atoms. The molecule has 5 nitrogen and oxygen atoms in total. The van der Waals surface area contributed by atoms with Crippen LogP contribution in [0, 0.1) is 0 Å². The van der Waals surface area contributed by atoms with E-state index in [0.717, 1.165) is 36.8 Å². The molecule has 2 rings (SSSR count). The first-order valence-electron chi connectivity index (χ1n) is 9.88. The van der Waals surface area contributed by atoms with Gasteiger partial charge in [0.2, 0.25) is 6.10 Å². The maximum absolute atomic E-state index is 12.4. The van der Waals surface area contributed by atoms with E-state index >= 15 is 0 Å². The Hall–Kier alpha value is -2.69. The first-order valence-corrected chi connectivity index (χ1v) is 9.88. The highest BCUT2D eigenvalue weighted by Gasteiger charge is 2.26. The molecule has 1 aromatic heterocycles. The molecule has 0 aliphatic carbocycles. The summed E-state index contributed by atoms with van der Waals surface area (Å²) in [4.78, 5) is 28.9. The number of Topliss-reactive ketones (excluding diaryl/α,β-unsaturated/α-hetero) is 1. The molecule has 0 amide bonds. The van der Waals surface area contributed by atoms with Crippen molar-refractivity contribution in [2.75, 3.05) is 7.11 Å². The van der Waals surface area contributed by atoms with Crippen LogP contribution in [0.25, 0.3) is 0 Å². The summed E-state index contributed by atoms with van der Waals surface area (Å²) < 4.78 is 11.2. The molecule has 0 aliphatic heterocycles. The molecule has 150 valence electrons. The number of hydrogen-bond acceptors (Lipinski definition) is 5. The van der Waals surface area contributed by atoms with E-state index in [1.54, 1.807) is 24.5 Å². The van der Waals surface area contributed by atoms with Gasteiger partial charge >= 0.3 is 5.97 Å². The van der Waals surface area contributed by atoms with Crippen LogP contribution in [0.3, 0.4) is 0 Å². The van der Waals surface area contributed by atoms with E-state index in [4.69, 9.17) is 9.47 Å². The predicted octanol–water partition coefficient (Wildman–Crippen LogP) is 4.87. The van der Waals surface area contributed by atoms with E-state index in [-0.39, 0.29) is 5.78 Å². The van der Waals surface area contributed by atoms with Gasteiger partial charge in [-0.1, -0.05) is 39.7 Å². The Kier molecular flexibility index (Phi) is 8.18. The smallest absolute Gasteiger partial charge is 0.351 e. The zero-order valence-electron chi connectivity index (χ0n) is 17.2. The van der Waals surface area contributed by atoms with Crippen molar-refractivity contribution >= 4 is 11.8 Å². The summed E-state index contributed by atoms with van der Waals surface area (Å²) in [6.45, 7) is 6.02. The molecule has 1 atom stereocenters. The van der Waals surface area contributed by atoms with E-state index in [2.05, 4.69) is 18.8 Å². The van der Waals surface area contributed by atoms with Gasteiger partial charge in [-0.3, -0.25) is 9.78 Å². The van der Waals surface area contributed by atoms with Gasteiger partial charge in [-0.2, -0.15) is 0 Å². The minimum absolute atomic E-state index is 0.109. The number of ether oxygens (including phenoxy) is 2. The second-order valence-electron chi connectivity index (χ2n) is 6.71. The third kappa shape index (κ3) is 5.18. The van der Waals surface area contributed by atoms with Crippen LogP contribution < -0.4 is 4.74 Å². The fourth-order valence-corrected chi connectivity index (χ4v) is 3.19. The Labute approximate surface area is 167 Å². The third-order valence-electron chi connectivity index (χ3n) is 4.56. The summed E-state index contributed by atoms with van der Waals surface area (Å²) in [5.41, 5.74) is 3.23. The molecule has 28 heavy (non-hydrogen) atoms. The minimum atomic E-state index is -0.905. The number of pyridine rings is 1. The van der Waals surface area contributed by atoms with E-state index in [0.29, 0.717) is 23.3 Å². The Morgan fingerprint density at radius 1 is 1.07 bits per heavy atom. The van der Waals surface area contributed by atoms with E-state index in [1.165, 1.54) is 7.11 Å². The first-order chi connectivity index (χ1) is 13.5. The molecule has 0 saturated carbocycles. The molecule has 0 saturated heterocycles. The van der Waals surface area contributed by atoms with Gasteiger partial charge < -0.3 is 9.47 Å². The number of esters is 1. The Morgan fingerprint density at radius 3 is 2.18 bits per heavy atom. The number of hydrogen-bond donors (Lipinski definition) is 0. The zero-order valence-corrected chi connectivity index (χ0v) is 17.2.